The van der Waals surface area contributed by atoms with Crippen molar-refractivity contribution in [2.45, 2.75) is 56.0 Å². The molecule has 1 heterocycles. The van der Waals surface area contributed by atoms with Crippen molar-refractivity contribution < 1.29 is 33.4 Å². The third-order valence-corrected chi connectivity index (χ3v) is 13.8. The monoisotopic (exact) mass is 944 g/mol. The Labute approximate surface area is 409 Å². The van der Waals surface area contributed by atoms with Crippen LogP contribution in [0.15, 0.2) is 170 Å². The summed E-state index contributed by atoms with van der Waals surface area (Å²) in [4.78, 5) is 61.5. The van der Waals surface area contributed by atoms with E-state index in [1.54, 1.807) is 37.2 Å². The van der Waals surface area contributed by atoms with Crippen molar-refractivity contribution in [3.8, 4) is 11.1 Å². The van der Waals surface area contributed by atoms with Crippen LogP contribution in [0.25, 0.3) is 11.1 Å². The minimum atomic E-state index is -1.07. The van der Waals surface area contributed by atoms with Gasteiger partial charge in [0.1, 0.15) is 24.6 Å². The van der Waals surface area contributed by atoms with Gasteiger partial charge in [0.15, 0.2) is 0 Å². The minimum Gasteiger partial charge on any atom is -0.468 e. The number of thioether (sulfide) groups is 1. The van der Waals surface area contributed by atoms with Crippen molar-refractivity contribution in [1.82, 2.24) is 15.2 Å². The number of fused-ring (bicyclic) bond motifs is 3. The first-order valence-electron chi connectivity index (χ1n) is 23.3. The minimum absolute atomic E-state index is 0.0777. The van der Waals surface area contributed by atoms with Gasteiger partial charge < -0.3 is 19.5 Å². The van der Waals surface area contributed by atoms with Crippen molar-refractivity contribution >= 4 is 41.5 Å². The lowest BCUT2D eigenvalue weighted by Gasteiger charge is -2.35. The molecule has 0 saturated carbocycles. The van der Waals surface area contributed by atoms with Gasteiger partial charge in [-0.05, 0) is 82.3 Å². The fourth-order valence-corrected chi connectivity index (χ4v) is 10.2. The van der Waals surface area contributed by atoms with Gasteiger partial charge in [-0.15, -0.1) is 11.8 Å². The lowest BCUT2D eigenvalue weighted by molar-refractivity contribution is -0.151. The van der Waals surface area contributed by atoms with Crippen LogP contribution < -0.4 is 10.2 Å². The second-order valence-electron chi connectivity index (χ2n) is 17.4. The van der Waals surface area contributed by atoms with Gasteiger partial charge in [-0.2, -0.15) is 0 Å². The van der Waals surface area contributed by atoms with E-state index in [2.05, 4.69) is 90.2 Å². The zero-order chi connectivity index (χ0) is 48.8. The van der Waals surface area contributed by atoms with Gasteiger partial charge >= 0.3 is 18.0 Å². The number of carbonyl (C=O) groups excluding carboxylic acids is 4. The number of anilines is 1. The fourth-order valence-electron chi connectivity index (χ4n) is 8.73. The molecule has 1 N–H and O–H groups in total. The number of allylic oxidation sites excluding steroid dienone is 1. The quantitative estimate of drug-likeness (QED) is 0.0245. The normalized spacial score (nSPS) is 13.1. The lowest BCUT2D eigenvalue weighted by atomic mass is 9.84. The number of amides is 2. The van der Waals surface area contributed by atoms with E-state index in [0.29, 0.717) is 30.2 Å². The molecule has 0 fully saturated rings. The van der Waals surface area contributed by atoms with Crippen LogP contribution in [0.2, 0.25) is 0 Å². The Balaban J connectivity index is 1.08. The molecule has 12 heteroatoms. The van der Waals surface area contributed by atoms with E-state index < -0.39 is 29.0 Å². The van der Waals surface area contributed by atoms with Gasteiger partial charge in [0.25, 0.3) is 0 Å². The summed E-state index contributed by atoms with van der Waals surface area (Å²) in [6.07, 6.45) is 2.37. The number of rotatable bonds is 21. The molecule has 1 aliphatic carbocycles. The fraction of sp³-hybridized carbons (Fsp3) is 0.281. The number of ether oxygens (including phenoxy) is 3. The predicted molar refractivity (Wildman–Crippen MR) is 273 cm³/mol. The maximum atomic E-state index is 14.2. The molecule has 5 aromatic carbocycles. The number of methoxy groups -OCH3 is 1. The van der Waals surface area contributed by atoms with E-state index >= 15 is 0 Å². The Morgan fingerprint density at radius 1 is 0.739 bits per heavy atom. The number of hydrogen-bond donors (Lipinski definition) is 1. The predicted octanol–water partition coefficient (Wildman–Crippen LogP) is 10.2. The van der Waals surface area contributed by atoms with Crippen molar-refractivity contribution in [3.05, 3.63) is 203 Å². The number of carbonyl (C=O) groups is 4. The average molecular weight is 945 g/mol. The lowest BCUT2D eigenvalue weighted by Crippen LogP contribution is -2.47. The molecule has 0 spiro atoms. The smallest absolute Gasteiger partial charge is 0.407 e. The van der Waals surface area contributed by atoms with Crippen LogP contribution in [0.4, 0.5) is 10.6 Å². The van der Waals surface area contributed by atoms with Crippen LogP contribution in [-0.2, 0) is 39.9 Å². The summed E-state index contributed by atoms with van der Waals surface area (Å²) < 4.78 is 16.3. The van der Waals surface area contributed by atoms with Crippen LogP contribution in [0.3, 0.4) is 0 Å². The molecule has 0 radical (unpaired) electrons. The Morgan fingerprint density at radius 3 is 1.84 bits per heavy atom. The molecular weight excluding hydrogens is 885 g/mol. The van der Waals surface area contributed by atoms with Crippen molar-refractivity contribution in [2.75, 3.05) is 45.0 Å². The number of nitrogens with one attached hydrogen (secondary N) is 1. The highest BCUT2D eigenvalue weighted by molar-refractivity contribution is 8.00. The van der Waals surface area contributed by atoms with Gasteiger partial charge in [-0.3, -0.25) is 19.4 Å². The maximum Gasteiger partial charge on any atom is 0.407 e. The van der Waals surface area contributed by atoms with Crippen LogP contribution in [0.5, 0.6) is 0 Å². The number of esters is 2. The Morgan fingerprint density at radius 2 is 1.29 bits per heavy atom. The number of likely N-dealkylation sites (N-methyl/N-ethyl adjacent to an activating group) is 1. The van der Waals surface area contributed by atoms with E-state index in [0.717, 1.165) is 38.9 Å². The first kappa shape index (κ1) is 49.9. The number of alkyl carbamates (subject to hydrolysis) is 1. The number of nitrogens with zero attached hydrogens (tertiary/aromatic N) is 3. The molecule has 0 saturated heterocycles. The van der Waals surface area contributed by atoms with Gasteiger partial charge in [0, 0.05) is 19.5 Å². The average Bonchev–Trinajstić information content (AvgIpc) is 3.69. The Bertz CT molecular complexity index is 2560. The summed E-state index contributed by atoms with van der Waals surface area (Å²) >= 11 is 1.81. The van der Waals surface area contributed by atoms with Gasteiger partial charge in [-0.1, -0.05) is 166 Å². The van der Waals surface area contributed by atoms with Crippen LogP contribution in [0.1, 0.15) is 66.1 Å². The third kappa shape index (κ3) is 12.4. The van der Waals surface area contributed by atoms with Crippen LogP contribution in [0, 0.1) is 5.92 Å². The summed E-state index contributed by atoms with van der Waals surface area (Å²) in [5, 5.41) is 2.77. The topological polar surface area (TPSA) is 127 Å². The van der Waals surface area contributed by atoms with Crippen LogP contribution >= 0.6 is 11.8 Å². The van der Waals surface area contributed by atoms with Gasteiger partial charge in [0.2, 0.25) is 5.91 Å². The van der Waals surface area contributed by atoms with Gasteiger partial charge in [0.05, 0.1) is 30.5 Å². The molecule has 2 amide bonds. The highest BCUT2D eigenvalue weighted by atomic mass is 32.2. The summed E-state index contributed by atoms with van der Waals surface area (Å²) in [7, 11) is 4.74. The largest absolute Gasteiger partial charge is 0.468 e. The number of benzene rings is 5. The highest BCUT2D eigenvalue weighted by Gasteiger charge is 2.37. The zero-order valence-electron chi connectivity index (χ0n) is 39.8. The van der Waals surface area contributed by atoms with Crippen molar-refractivity contribution in [1.29, 1.82) is 0 Å². The van der Waals surface area contributed by atoms with Crippen molar-refractivity contribution in [2.24, 2.45) is 5.92 Å². The molecule has 0 aliphatic heterocycles. The Hall–Kier alpha value is -7.02. The molecule has 2 atom stereocenters. The van der Waals surface area contributed by atoms with Gasteiger partial charge in [-0.25, -0.2) is 14.6 Å². The molecule has 1 aliphatic rings. The first-order chi connectivity index (χ1) is 33.5. The molecule has 1 aromatic heterocycles. The van der Waals surface area contributed by atoms with Crippen LogP contribution in [-0.4, -0.2) is 86.1 Å². The van der Waals surface area contributed by atoms with Crippen molar-refractivity contribution in [3.63, 3.8) is 0 Å². The summed E-state index contributed by atoms with van der Waals surface area (Å²) in [5.74, 6) is -0.858. The molecule has 6 aromatic rings. The molecule has 356 valence electrons. The molecule has 11 nitrogen and oxygen atoms in total. The number of aromatic nitrogens is 1. The first-order valence-corrected chi connectivity index (χ1v) is 24.2. The SMILES string of the molecule is COC(=O)CN(C)Cc1cccc(N(C)C(=O)C[C@@H](/C=C/CCSC(c2ccccc2)(c2ccccc2)c2ccccc2)OC(=O)[C@H](NC(=O)OCC2c3ccccc3-c3ccccc32)C(C)C)n1. The van der Waals surface area contributed by atoms with E-state index in [1.165, 1.54) is 12.0 Å². The molecular formula is C57H60N4O7S. The molecule has 0 unspecified atom stereocenters. The third-order valence-electron chi connectivity index (χ3n) is 12.2. The van der Waals surface area contributed by atoms with E-state index in [1.807, 2.05) is 92.3 Å². The molecule has 7 rings (SSSR count). The summed E-state index contributed by atoms with van der Waals surface area (Å²) in [6.45, 7) is 4.14. The molecule has 0 bridgehead atoms. The van der Waals surface area contributed by atoms with E-state index in [9.17, 15) is 19.2 Å². The second kappa shape index (κ2) is 23.8. The standard InChI is InChI=1S/C57H60N4O7S/c1-40(2)54(59-56(65)67-39-50-48-32-17-15-30-46(48)47-31-16-18-33-49(47)50)55(64)68-45(36-52(62)61(4)51-34-21-28-44(58-51)37-60(3)38-53(63)66-5)29-19-20-35-69-57(41-22-9-6-10-23-41,42-24-11-7-12-25-42)43-26-13-8-14-27-43/h6-19,21-34,40,45,50,54H,20,35-39H2,1-5H3,(H,59,65)/b29-19+/t45-,54-/m1/s1. The zero-order valence-corrected chi connectivity index (χ0v) is 40.6. The second-order valence-corrected chi connectivity index (χ2v) is 18.7. The molecule has 69 heavy (non-hydrogen) atoms. The highest BCUT2D eigenvalue weighted by Crippen LogP contribution is 2.49. The number of pyridine rings is 1. The number of hydrogen-bond acceptors (Lipinski definition) is 10. The van der Waals surface area contributed by atoms with E-state index in [4.69, 9.17) is 19.2 Å². The maximum absolute atomic E-state index is 14.2. The summed E-state index contributed by atoms with van der Waals surface area (Å²) in [6, 6.07) is 51.8. The van der Waals surface area contributed by atoms with E-state index in [-0.39, 0.29) is 43.3 Å². The summed E-state index contributed by atoms with van der Waals surface area (Å²) in [5.41, 5.74) is 8.46. The Kier molecular flexibility index (Phi) is 17.2.